The largest absolute Gasteiger partial charge is 0.333 e. The molecule has 1 heterocycles. The van der Waals surface area contributed by atoms with Crippen LogP contribution in [0.25, 0.3) is 0 Å². The van der Waals surface area contributed by atoms with Crippen LogP contribution in [0, 0.1) is 5.92 Å². The molecule has 2 atom stereocenters. The van der Waals surface area contributed by atoms with E-state index in [1.165, 1.54) is 6.42 Å². The van der Waals surface area contributed by atoms with Gasteiger partial charge in [-0.15, -0.1) is 0 Å². The maximum Gasteiger partial charge on any atom is 0.225 e. The van der Waals surface area contributed by atoms with Crippen molar-refractivity contribution >= 4 is 5.91 Å². The smallest absolute Gasteiger partial charge is 0.225 e. The third-order valence-electron chi connectivity index (χ3n) is 4.04. The average Bonchev–Trinajstić information content (AvgIpc) is 2.25. The number of hydrogen-bond donors (Lipinski definition) is 1. The number of likely N-dealkylation sites (tertiary alicyclic amines) is 1. The second-order valence-corrected chi connectivity index (χ2v) is 6.21. The lowest BCUT2D eigenvalue weighted by Gasteiger charge is -2.50. The van der Waals surface area contributed by atoms with Gasteiger partial charge in [0.1, 0.15) is 0 Å². The molecule has 17 heavy (non-hydrogen) atoms. The van der Waals surface area contributed by atoms with Crippen LogP contribution < -0.4 is 5.32 Å². The molecule has 0 bridgehead atoms. The minimum Gasteiger partial charge on any atom is -0.333 e. The van der Waals surface area contributed by atoms with Crippen molar-refractivity contribution in [1.82, 2.24) is 10.2 Å². The molecule has 3 heteroatoms. The van der Waals surface area contributed by atoms with Crippen LogP contribution in [0.3, 0.4) is 0 Å². The molecule has 1 rings (SSSR count). The molecule has 100 valence electrons. The van der Waals surface area contributed by atoms with Crippen molar-refractivity contribution in [2.75, 3.05) is 7.05 Å². The summed E-state index contributed by atoms with van der Waals surface area (Å²) in [6, 6.07) is 0.691. The third-order valence-corrected chi connectivity index (χ3v) is 4.04. The Morgan fingerprint density at radius 2 is 1.94 bits per heavy atom. The van der Waals surface area contributed by atoms with Gasteiger partial charge < -0.3 is 10.2 Å². The highest BCUT2D eigenvalue weighted by molar-refractivity contribution is 5.79. The van der Waals surface area contributed by atoms with E-state index in [0.717, 1.165) is 12.8 Å². The standard InChI is InChI=1S/C14H28N2O/c1-10(2)13(17)16-12(11(3)15-6)8-7-9-14(16,4)5/h10-12,15H,7-9H2,1-6H3. The van der Waals surface area contributed by atoms with Crippen LogP contribution in [0.5, 0.6) is 0 Å². The minimum atomic E-state index is -0.00458. The quantitative estimate of drug-likeness (QED) is 0.821. The SMILES string of the molecule is CNC(C)C1CCCC(C)(C)N1C(=O)C(C)C. The summed E-state index contributed by atoms with van der Waals surface area (Å²) < 4.78 is 0. The van der Waals surface area contributed by atoms with E-state index in [1.54, 1.807) is 0 Å². The van der Waals surface area contributed by atoms with Crippen molar-refractivity contribution in [2.45, 2.75) is 71.5 Å². The van der Waals surface area contributed by atoms with Crippen LogP contribution in [-0.2, 0) is 4.79 Å². The number of carbonyl (C=O) groups is 1. The van der Waals surface area contributed by atoms with Gasteiger partial charge in [-0.2, -0.15) is 0 Å². The Balaban J connectivity index is 2.98. The van der Waals surface area contributed by atoms with Crippen LogP contribution >= 0.6 is 0 Å². The zero-order valence-electron chi connectivity index (χ0n) is 12.2. The molecule has 0 saturated carbocycles. The molecule has 3 nitrogen and oxygen atoms in total. The topological polar surface area (TPSA) is 32.3 Å². The van der Waals surface area contributed by atoms with E-state index in [1.807, 2.05) is 20.9 Å². The van der Waals surface area contributed by atoms with Crippen molar-refractivity contribution in [3.05, 3.63) is 0 Å². The second kappa shape index (κ2) is 5.38. The van der Waals surface area contributed by atoms with E-state index in [4.69, 9.17) is 0 Å². The average molecular weight is 240 g/mol. The molecular weight excluding hydrogens is 212 g/mol. The van der Waals surface area contributed by atoms with Crippen LogP contribution in [0.2, 0.25) is 0 Å². The van der Waals surface area contributed by atoms with E-state index in [-0.39, 0.29) is 11.5 Å². The molecule has 0 spiro atoms. The van der Waals surface area contributed by atoms with Gasteiger partial charge in [0.2, 0.25) is 5.91 Å². The van der Waals surface area contributed by atoms with Crippen molar-refractivity contribution in [3.8, 4) is 0 Å². The molecule has 0 aromatic rings. The van der Waals surface area contributed by atoms with E-state index >= 15 is 0 Å². The Kier molecular flexibility index (Phi) is 4.59. The Bertz CT molecular complexity index is 273. The summed E-state index contributed by atoms with van der Waals surface area (Å²) in [5.41, 5.74) is -0.00458. The summed E-state index contributed by atoms with van der Waals surface area (Å²) in [6.07, 6.45) is 3.44. The Labute approximate surface area is 106 Å². The number of piperidine rings is 1. The molecule has 1 N–H and O–H groups in total. The monoisotopic (exact) mass is 240 g/mol. The van der Waals surface area contributed by atoms with E-state index in [2.05, 4.69) is 31.0 Å². The van der Waals surface area contributed by atoms with Crippen LogP contribution in [0.15, 0.2) is 0 Å². The zero-order chi connectivity index (χ0) is 13.2. The molecule has 0 aromatic carbocycles. The van der Waals surface area contributed by atoms with E-state index < -0.39 is 0 Å². The molecule has 0 aromatic heterocycles. The first-order valence-electron chi connectivity index (χ1n) is 6.81. The Morgan fingerprint density at radius 1 is 1.35 bits per heavy atom. The molecule has 1 aliphatic heterocycles. The summed E-state index contributed by atoms with van der Waals surface area (Å²) in [6.45, 7) is 10.6. The molecule has 1 saturated heterocycles. The number of amides is 1. The van der Waals surface area contributed by atoms with Gasteiger partial charge >= 0.3 is 0 Å². The third kappa shape index (κ3) is 3.01. The lowest BCUT2D eigenvalue weighted by atomic mass is 9.83. The number of carbonyl (C=O) groups excluding carboxylic acids is 1. The first-order chi connectivity index (χ1) is 7.81. The van der Waals surface area contributed by atoms with Gasteiger partial charge in [-0.1, -0.05) is 13.8 Å². The molecule has 0 radical (unpaired) electrons. The van der Waals surface area contributed by atoms with Crippen LogP contribution in [0.1, 0.15) is 53.9 Å². The fraction of sp³-hybridized carbons (Fsp3) is 0.929. The maximum atomic E-state index is 12.4. The summed E-state index contributed by atoms with van der Waals surface area (Å²) >= 11 is 0. The highest BCUT2D eigenvalue weighted by atomic mass is 16.2. The Hall–Kier alpha value is -0.570. The predicted molar refractivity (Wildman–Crippen MR) is 71.9 cm³/mol. The van der Waals surface area contributed by atoms with Gasteiger partial charge in [0.25, 0.3) is 0 Å². The lowest BCUT2D eigenvalue weighted by Crippen LogP contribution is -2.61. The summed E-state index contributed by atoms with van der Waals surface area (Å²) in [7, 11) is 1.98. The van der Waals surface area contributed by atoms with Gasteiger partial charge in [0, 0.05) is 23.5 Å². The summed E-state index contributed by atoms with van der Waals surface area (Å²) in [5.74, 6) is 0.376. The van der Waals surface area contributed by atoms with Gasteiger partial charge in [-0.25, -0.2) is 0 Å². The fourth-order valence-electron chi connectivity index (χ4n) is 2.85. The number of rotatable bonds is 3. The highest BCUT2D eigenvalue weighted by Crippen LogP contribution is 2.34. The molecular formula is C14H28N2O. The highest BCUT2D eigenvalue weighted by Gasteiger charge is 2.41. The van der Waals surface area contributed by atoms with Crippen molar-refractivity contribution < 1.29 is 4.79 Å². The van der Waals surface area contributed by atoms with Gasteiger partial charge in [-0.3, -0.25) is 4.79 Å². The van der Waals surface area contributed by atoms with E-state index in [9.17, 15) is 4.79 Å². The summed E-state index contributed by atoms with van der Waals surface area (Å²) in [4.78, 5) is 14.6. The van der Waals surface area contributed by atoms with Gasteiger partial charge in [-0.05, 0) is 47.1 Å². The normalized spacial score (nSPS) is 26.1. The van der Waals surface area contributed by atoms with Crippen molar-refractivity contribution in [1.29, 1.82) is 0 Å². The molecule has 1 fully saturated rings. The maximum absolute atomic E-state index is 12.4. The van der Waals surface area contributed by atoms with Crippen LogP contribution in [-0.4, -0.2) is 35.5 Å². The number of nitrogens with one attached hydrogen (secondary N) is 1. The number of likely N-dealkylation sites (N-methyl/N-ethyl adjacent to an activating group) is 1. The van der Waals surface area contributed by atoms with Gasteiger partial charge in [0.15, 0.2) is 0 Å². The zero-order valence-corrected chi connectivity index (χ0v) is 12.2. The minimum absolute atomic E-state index is 0.00458. The first-order valence-corrected chi connectivity index (χ1v) is 6.81. The van der Waals surface area contributed by atoms with Crippen molar-refractivity contribution in [2.24, 2.45) is 5.92 Å². The predicted octanol–water partition coefficient (Wildman–Crippen LogP) is 2.41. The van der Waals surface area contributed by atoms with E-state index in [0.29, 0.717) is 18.0 Å². The Morgan fingerprint density at radius 3 is 2.41 bits per heavy atom. The number of nitrogens with zero attached hydrogens (tertiary/aromatic N) is 1. The molecule has 2 unspecified atom stereocenters. The second-order valence-electron chi connectivity index (χ2n) is 6.21. The molecule has 1 aliphatic rings. The van der Waals surface area contributed by atoms with Crippen molar-refractivity contribution in [3.63, 3.8) is 0 Å². The fourth-order valence-corrected chi connectivity index (χ4v) is 2.85. The number of hydrogen-bond acceptors (Lipinski definition) is 2. The van der Waals surface area contributed by atoms with Gasteiger partial charge in [0.05, 0.1) is 0 Å². The lowest BCUT2D eigenvalue weighted by molar-refractivity contribution is -0.147. The molecule has 0 aliphatic carbocycles. The summed E-state index contributed by atoms with van der Waals surface area (Å²) in [5, 5.41) is 3.30. The van der Waals surface area contributed by atoms with Crippen LogP contribution in [0.4, 0.5) is 0 Å². The first kappa shape index (κ1) is 14.5. The molecule has 1 amide bonds.